The molecule has 0 radical (unpaired) electrons. The van der Waals surface area contributed by atoms with Crippen LogP contribution in [-0.4, -0.2) is 16.1 Å². The highest BCUT2D eigenvalue weighted by Gasteiger charge is 2.45. The number of rotatable bonds is 2. The summed E-state index contributed by atoms with van der Waals surface area (Å²) in [6.45, 7) is 0. The van der Waals surface area contributed by atoms with Crippen molar-refractivity contribution < 1.29 is 10.0 Å². The van der Waals surface area contributed by atoms with Crippen LogP contribution >= 0.6 is 11.6 Å². The average molecular weight is 347 g/mol. The number of hydrogen-bond donors (Lipinski definition) is 2. The largest absolute Gasteiger partial charge is 0.506 e. The molecule has 3 aliphatic rings. The van der Waals surface area contributed by atoms with E-state index in [0.717, 1.165) is 25.7 Å². The Morgan fingerprint density at radius 2 is 2.12 bits per heavy atom. The quantitative estimate of drug-likeness (QED) is 0.350. The maximum Gasteiger partial charge on any atom is 0.293 e. The van der Waals surface area contributed by atoms with Gasteiger partial charge >= 0.3 is 0 Å². The van der Waals surface area contributed by atoms with Crippen LogP contribution in [0.15, 0.2) is 30.4 Å². The lowest BCUT2D eigenvalue weighted by Gasteiger charge is -2.41. The molecule has 1 heterocycles. The van der Waals surface area contributed by atoms with Gasteiger partial charge in [-0.25, -0.2) is 0 Å². The zero-order valence-corrected chi connectivity index (χ0v) is 13.9. The summed E-state index contributed by atoms with van der Waals surface area (Å²) in [5.74, 6) is 0.674. The van der Waals surface area contributed by atoms with E-state index in [1.165, 1.54) is 6.07 Å². The third-order valence-corrected chi connectivity index (χ3v) is 5.88. The summed E-state index contributed by atoms with van der Waals surface area (Å²) >= 11 is 6.07. The molecule has 2 N–H and O–H groups in total. The molecule has 24 heavy (non-hydrogen) atoms. The lowest BCUT2D eigenvalue weighted by molar-refractivity contribution is -0.385. The van der Waals surface area contributed by atoms with Gasteiger partial charge in [-0.2, -0.15) is 0 Å². The highest BCUT2D eigenvalue weighted by molar-refractivity contribution is 6.33. The van der Waals surface area contributed by atoms with Crippen molar-refractivity contribution in [1.82, 2.24) is 0 Å². The van der Waals surface area contributed by atoms with E-state index in [0.29, 0.717) is 17.2 Å². The molecule has 4 atom stereocenters. The number of phenolic OH excluding ortho intramolecular Hbond substituents is 1. The van der Waals surface area contributed by atoms with Crippen molar-refractivity contribution in [1.29, 1.82) is 0 Å². The van der Waals surface area contributed by atoms with E-state index in [1.54, 1.807) is 0 Å². The van der Waals surface area contributed by atoms with Gasteiger partial charge in [0.15, 0.2) is 0 Å². The van der Waals surface area contributed by atoms with Crippen molar-refractivity contribution in [2.45, 2.75) is 37.6 Å². The van der Waals surface area contributed by atoms with Gasteiger partial charge in [0, 0.05) is 18.0 Å². The summed E-state index contributed by atoms with van der Waals surface area (Å²) in [6, 6.07) is 1.48. The van der Waals surface area contributed by atoms with Crippen LogP contribution in [0.25, 0.3) is 0 Å². The maximum atomic E-state index is 11.6. The molecular formula is C18H19ClN2O3. The van der Waals surface area contributed by atoms with Gasteiger partial charge in [0.25, 0.3) is 5.69 Å². The normalized spacial score (nSPS) is 30.5. The van der Waals surface area contributed by atoms with Crippen LogP contribution in [0.5, 0.6) is 5.75 Å². The Morgan fingerprint density at radius 3 is 2.83 bits per heavy atom. The van der Waals surface area contributed by atoms with Crippen LogP contribution in [0.3, 0.4) is 0 Å². The first-order valence-corrected chi connectivity index (χ1v) is 8.73. The van der Waals surface area contributed by atoms with E-state index in [2.05, 4.69) is 23.5 Å². The Kier molecular flexibility index (Phi) is 3.76. The zero-order valence-electron chi connectivity index (χ0n) is 13.1. The minimum absolute atomic E-state index is 0.00357. The summed E-state index contributed by atoms with van der Waals surface area (Å²) in [5.41, 5.74) is 0.935. The molecule has 0 fully saturated rings. The third-order valence-electron chi connectivity index (χ3n) is 5.59. The second-order valence-electron chi connectivity index (χ2n) is 6.84. The summed E-state index contributed by atoms with van der Waals surface area (Å²) < 4.78 is 0. The first-order valence-electron chi connectivity index (χ1n) is 8.36. The maximum absolute atomic E-state index is 11.6. The van der Waals surface area contributed by atoms with Crippen LogP contribution < -0.4 is 5.32 Å². The van der Waals surface area contributed by atoms with E-state index in [1.807, 2.05) is 6.08 Å². The second-order valence-corrected chi connectivity index (χ2v) is 7.25. The number of allylic oxidation sites excluding steroid dienone is 4. The Morgan fingerprint density at radius 1 is 1.29 bits per heavy atom. The molecule has 0 saturated heterocycles. The van der Waals surface area contributed by atoms with Gasteiger partial charge in [0.05, 0.1) is 16.2 Å². The van der Waals surface area contributed by atoms with Gasteiger partial charge in [-0.05, 0) is 37.5 Å². The van der Waals surface area contributed by atoms with Crippen molar-refractivity contribution in [3.8, 4) is 5.75 Å². The van der Waals surface area contributed by atoms with Gasteiger partial charge < -0.3 is 10.4 Å². The monoisotopic (exact) mass is 346 g/mol. The molecule has 0 saturated carbocycles. The lowest BCUT2D eigenvalue weighted by atomic mass is 9.71. The smallest absolute Gasteiger partial charge is 0.293 e. The molecule has 6 heteroatoms. The fraction of sp³-hybridized carbons (Fsp3) is 0.444. The molecular weight excluding hydrogens is 328 g/mol. The van der Waals surface area contributed by atoms with Gasteiger partial charge in [0.2, 0.25) is 0 Å². The first-order chi connectivity index (χ1) is 11.6. The number of benzene rings is 1. The van der Waals surface area contributed by atoms with Gasteiger partial charge in [-0.3, -0.25) is 10.1 Å². The number of anilines is 1. The number of phenols is 1. The minimum atomic E-state index is -0.435. The number of aromatic hydroxyl groups is 1. The van der Waals surface area contributed by atoms with E-state index in [4.69, 9.17) is 11.6 Å². The molecule has 2 aliphatic carbocycles. The van der Waals surface area contributed by atoms with Gasteiger partial charge in [-0.1, -0.05) is 35.9 Å². The Hall–Kier alpha value is -2.01. The number of hydrogen-bond acceptors (Lipinski definition) is 4. The van der Waals surface area contributed by atoms with E-state index in [9.17, 15) is 15.2 Å². The molecule has 4 rings (SSSR count). The predicted octanol–water partition coefficient (Wildman–Crippen LogP) is 4.76. The van der Waals surface area contributed by atoms with Crippen molar-refractivity contribution in [3.63, 3.8) is 0 Å². The number of fused-ring (bicyclic) bond motifs is 3. The number of nitrogens with zero attached hydrogens (tertiary/aromatic N) is 1. The molecule has 0 aromatic heterocycles. The average Bonchev–Trinajstić information content (AvgIpc) is 3.04. The molecule has 1 aliphatic heterocycles. The van der Waals surface area contributed by atoms with Crippen molar-refractivity contribution in [3.05, 3.63) is 51.1 Å². The lowest BCUT2D eigenvalue weighted by Crippen LogP contribution is -2.42. The number of halogens is 1. The van der Waals surface area contributed by atoms with E-state index >= 15 is 0 Å². The first kappa shape index (κ1) is 15.5. The fourth-order valence-corrected chi connectivity index (χ4v) is 4.82. The summed E-state index contributed by atoms with van der Waals surface area (Å²) in [6.07, 6.45) is 12.6. The molecule has 0 bridgehead atoms. The molecule has 5 nitrogen and oxygen atoms in total. The minimum Gasteiger partial charge on any atom is -0.506 e. The Balaban J connectivity index is 1.84. The Bertz CT molecular complexity index is 759. The highest BCUT2D eigenvalue weighted by Crippen LogP contribution is 2.54. The van der Waals surface area contributed by atoms with Crippen molar-refractivity contribution in [2.75, 3.05) is 5.32 Å². The van der Waals surface area contributed by atoms with Crippen LogP contribution in [0.4, 0.5) is 11.4 Å². The highest BCUT2D eigenvalue weighted by atomic mass is 35.5. The van der Waals surface area contributed by atoms with Crippen molar-refractivity contribution in [2.24, 2.45) is 11.8 Å². The standard InChI is InChI=1S/C18H19ClN2O3/c19-13-9-14(22)17-15(18(13)21(23)24)11-7-4-8-12(11)16(20-17)10-5-2-1-3-6-10/h1-2,4,7,9-12,16,20,22H,3,5-6,8H2/t10-,11+,12-,16-/m0/s1. The second kappa shape index (κ2) is 5.81. The Labute approximate surface area is 145 Å². The third kappa shape index (κ3) is 2.30. The number of nitro groups is 1. The van der Waals surface area contributed by atoms with Crippen LogP contribution in [0, 0.1) is 22.0 Å². The number of nitro benzene ring substituents is 1. The summed E-state index contributed by atoms with van der Waals surface area (Å²) in [4.78, 5) is 11.1. The van der Waals surface area contributed by atoms with Crippen LogP contribution in [0.2, 0.25) is 5.02 Å². The summed E-state index contributed by atoms with van der Waals surface area (Å²) in [7, 11) is 0. The molecule has 1 aromatic rings. The molecule has 0 spiro atoms. The molecule has 1 aromatic carbocycles. The van der Waals surface area contributed by atoms with Crippen LogP contribution in [0.1, 0.15) is 37.2 Å². The molecule has 0 unspecified atom stereocenters. The zero-order chi connectivity index (χ0) is 16.8. The van der Waals surface area contributed by atoms with Crippen LogP contribution in [-0.2, 0) is 0 Å². The predicted molar refractivity (Wildman–Crippen MR) is 93.7 cm³/mol. The fourth-order valence-electron chi connectivity index (χ4n) is 4.54. The molecule has 126 valence electrons. The summed E-state index contributed by atoms with van der Waals surface area (Å²) in [5, 5.41) is 25.4. The van der Waals surface area contributed by atoms with Crippen molar-refractivity contribution >= 4 is 23.0 Å². The van der Waals surface area contributed by atoms with E-state index in [-0.39, 0.29) is 34.3 Å². The van der Waals surface area contributed by atoms with Gasteiger partial charge in [0.1, 0.15) is 10.8 Å². The number of nitrogens with one attached hydrogen (secondary N) is 1. The topological polar surface area (TPSA) is 75.4 Å². The van der Waals surface area contributed by atoms with E-state index < -0.39 is 4.92 Å². The van der Waals surface area contributed by atoms with Gasteiger partial charge in [-0.15, -0.1) is 0 Å². The molecule has 0 amide bonds. The SMILES string of the molecule is O=[N+]([O-])c1c(Cl)cc(O)c2c1[C@@H]1C=CC[C@@H]1[C@H]([C@H]1CC=CCC1)N2.